The second kappa shape index (κ2) is 7.51. The molecule has 34 heavy (non-hydrogen) atoms. The monoisotopic (exact) mass is 465 g/mol. The van der Waals surface area contributed by atoms with Crippen molar-refractivity contribution >= 4 is 32.6 Å². The number of hydrogen-bond acceptors (Lipinski definition) is 7. The lowest BCUT2D eigenvalue weighted by Crippen LogP contribution is -2.49. The van der Waals surface area contributed by atoms with Crippen molar-refractivity contribution in [2.75, 3.05) is 21.3 Å². The Bertz CT molecular complexity index is 1540. The van der Waals surface area contributed by atoms with E-state index in [2.05, 4.69) is 0 Å². The third-order valence-electron chi connectivity index (χ3n) is 6.83. The van der Waals surface area contributed by atoms with Crippen molar-refractivity contribution in [1.82, 2.24) is 4.57 Å². The van der Waals surface area contributed by atoms with Gasteiger partial charge in [0.2, 0.25) is 5.43 Å². The molecule has 0 amide bonds. The summed E-state index contributed by atoms with van der Waals surface area (Å²) < 4.78 is 24.6. The zero-order valence-corrected chi connectivity index (χ0v) is 19.9. The molecule has 0 bridgehead atoms. The van der Waals surface area contributed by atoms with E-state index < -0.39 is 17.8 Å². The second-order valence-corrected chi connectivity index (χ2v) is 9.08. The summed E-state index contributed by atoms with van der Waals surface area (Å²) in [7, 11) is 6.45. The molecule has 1 aliphatic heterocycles. The summed E-state index contributed by atoms with van der Waals surface area (Å²) in [4.78, 5) is 13.9. The molecule has 178 valence electrons. The zero-order chi connectivity index (χ0) is 24.5. The van der Waals surface area contributed by atoms with Crippen LogP contribution in [0, 0.1) is 0 Å². The Kier molecular flexibility index (Phi) is 4.93. The summed E-state index contributed by atoms with van der Waals surface area (Å²) in [6.45, 7) is 3.40. The largest absolute Gasteiger partial charge is 0.496 e. The summed E-state index contributed by atoms with van der Waals surface area (Å²) in [5.74, 6) is 1.94. The zero-order valence-electron chi connectivity index (χ0n) is 19.9. The molecule has 8 nitrogen and oxygen atoms in total. The minimum absolute atomic E-state index is 0.263. The molecule has 1 aliphatic rings. The van der Waals surface area contributed by atoms with Crippen LogP contribution in [-0.2, 0) is 7.05 Å². The fourth-order valence-corrected chi connectivity index (χ4v) is 5.02. The quantitative estimate of drug-likeness (QED) is 0.447. The second-order valence-electron chi connectivity index (χ2n) is 9.08. The molecule has 3 aromatic carbocycles. The van der Waals surface area contributed by atoms with E-state index in [-0.39, 0.29) is 5.43 Å². The fourth-order valence-electron chi connectivity index (χ4n) is 5.02. The van der Waals surface area contributed by atoms with Gasteiger partial charge in [-0.25, -0.2) is 0 Å². The fraction of sp³-hybridized carbons (Fsp3) is 0.346. The van der Waals surface area contributed by atoms with E-state index in [1.165, 1.54) is 7.11 Å². The highest BCUT2D eigenvalue weighted by Gasteiger charge is 2.44. The van der Waals surface area contributed by atoms with Crippen LogP contribution in [0.15, 0.2) is 35.1 Å². The molecule has 5 rings (SSSR count). The molecule has 8 heteroatoms. The van der Waals surface area contributed by atoms with Gasteiger partial charge >= 0.3 is 0 Å². The first-order chi connectivity index (χ1) is 16.1. The molecule has 0 saturated heterocycles. The van der Waals surface area contributed by atoms with E-state index in [1.807, 2.05) is 16.7 Å². The maximum Gasteiger partial charge on any atom is 0.201 e. The van der Waals surface area contributed by atoms with E-state index in [4.69, 9.17) is 18.9 Å². The van der Waals surface area contributed by atoms with E-state index in [0.717, 1.165) is 10.8 Å². The van der Waals surface area contributed by atoms with Crippen LogP contribution in [0.5, 0.6) is 23.0 Å². The van der Waals surface area contributed by atoms with Gasteiger partial charge in [0.25, 0.3) is 0 Å². The molecule has 2 atom stereocenters. The average molecular weight is 466 g/mol. The number of hydrogen-bond donors (Lipinski definition) is 2. The smallest absolute Gasteiger partial charge is 0.201 e. The Morgan fingerprint density at radius 3 is 2.09 bits per heavy atom. The van der Waals surface area contributed by atoms with Gasteiger partial charge in [0, 0.05) is 29.3 Å². The lowest BCUT2D eigenvalue weighted by molar-refractivity contribution is -0.111. The predicted octanol–water partition coefficient (Wildman–Crippen LogP) is 3.44. The Morgan fingerprint density at radius 2 is 1.50 bits per heavy atom. The molecular weight excluding hydrogens is 438 g/mol. The molecule has 0 fully saturated rings. The van der Waals surface area contributed by atoms with Crippen LogP contribution in [0.1, 0.15) is 25.5 Å². The average Bonchev–Trinajstić information content (AvgIpc) is 2.83. The number of aliphatic hydroxyl groups is 2. The van der Waals surface area contributed by atoms with Crippen LogP contribution in [0.2, 0.25) is 0 Å². The topological polar surface area (TPSA) is 99.4 Å². The molecule has 0 unspecified atom stereocenters. The van der Waals surface area contributed by atoms with Gasteiger partial charge in [-0.05, 0) is 38.1 Å². The van der Waals surface area contributed by atoms with Gasteiger partial charge in [-0.3, -0.25) is 4.79 Å². The molecule has 0 spiro atoms. The molecule has 0 radical (unpaired) electrons. The first kappa shape index (κ1) is 22.3. The van der Waals surface area contributed by atoms with Crippen molar-refractivity contribution in [1.29, 1.82) is 0 Å². The Labute approximate surface area is 195 Å². The van der Waals surface area contributed by atoms with Crippen molar-refractivity contribution in [3.63, 3.8) is 0 Å². The Morgan fingerprint density at radius 1 is 0.912 bits per heavy atom. The number of aliphatic hydroxyl groups excluding tert-OH is 2. The Hall–Kier alpha value is -3.49. The van der Waals surface area contributed by atoms with Crippen LogP contribution in [0.3, 0.4) is 0 Å². The summed E-state index contributed by atoms with van der Waals surface area (Å²) in [6, 6.07) is 8.87. The van der Waals surface area contributed by atoms with Gasteiger partial charge in [0.05, 0.1) is 43.3 Å². The number of aromatic nitrogens is 1. The first-order valence-electron chi connectivity index (χ1n) is 10.9. The van der Waals surface area contributed by atoms with Crippen LogP contribution < -0.4 is 24.4 Å². The van der Waals surface area contributed by atoms with E-state index in [9.17, 15) is 15.0 Å². The predicted molar refractivity (Wildman–Crippen MR) is 130 cm³/mol. The van der Waals surface area contributed by atoms with Gasteiger partial charge in [0.1, 0.15) is 40.8 Å². The standard InChI is InChI=1S/C26H27NO7/c1-26(2)25(30)24(29)21-19(34-26)11-18(33-6)20-22(21)27(3)15-10-13-12(9-14(15)23(20)28)16(31-4)7-8-17(13)32-5/h7-11,24-25,29-30H,1-6H3/t24-,25-/m0/s1. The number of fused-ring (bicyclic) bond motifs is 5. The summed E-state index contributed by atoms with van der Waals surface area (Å²) >= 11 is 0. The number of aryl methyl sites for hydroxylation is 1. The van der Waals surface area contributed by atoms with Gasteiger partial charge in [-0.15, -0.1) is 0 Å². The lowest BCUT2D eigenvalue weighted by atomic mass is 9.86. The molecule has 1 aromatic heterocycles. The molecule has 2 N–H and O–H groups in total. The summed E-state index contributed by atoms with van der Waals surface area (Å²) in [5, 5.41) is 24.1. The van der Waals surface area contributed by atoms with Crippen molar-refractivity contribution < 1.29 is 29.2 Å². The van der Waals surface area contributed by atoms with Gasteiger partial charge in [-0.1, -0.05) is 0 Å². The van der Waals surface area contributed by atoms with E-state index >= 15 is 0 Å². The summed E-state index contributed by atoms with van der Waals surface area (Å²) in [6.07, 6.45) is -2.45. The highest BCUT2D eigenvalue weighted by molar-refractivity contribution is 6.07. The normalized spacial score (nSPS) is 19.2. The minimum Gasteiger partial charge on any atom is -0.496 e. The number of methoxy groups -OCH3 is 3. The number of benzene rings is 3. The Balaban J connectivity index is 2.01. The number of ether oxygens (including phenoxy) is 4. The third kappa shape index (κ3) is 2.88. The number of nitrogens with zero attached hydrogens (tertiary/aromatic N) is 1. The van der Waals surface area contributed by atoms with Crippen molar-refractivity contribution in [3.05, 3.63) is 46.1 Å². The maximum absolute atomic E-state index is 13.9. The molecule has 4 aromatic rings. The number of rotatable bonds is 3. The van der Waals surface area contributed by atoms with E-state index in [1.54, 1.807) is 53.3 Å². The van der Waals surface area contributed by atoms with Crippen LogP contribution in [-0.4, -0.2) is 47.8 Å². The maximum atomic E-state index is 13.9. The van der Waals surface area contributed by atoms with Gasteiger partial charge in [0.15, 0.2) is 0 Å². The van der Waals surface area contributed by atoms with E-state index in [0.29, 0.717) is 50.4 Å². The highest BCUT2D eigenvalue weighted by atomic mass is 16.5. The van der Waals surface area contributed by atoms with Crippen LogP contribution in [0.4, 0.5) is 0 Å². The minimum atomic E-state index is -1.26. The van der Waals surface area contributed by atoms with Crippen LogP contribution >= 0.6 is 0 Å². The van der Waals surface area contributed by atoms with Gasteiger partial charge in [-0.2, -0.15) is 0 Å². The van der Waals surface area contributed by atoms with Crippen molar-refractivity contribution in [2.45, 2.75) is 31.7 Å². The molecular formula is C26H27NO7. The molecule has 0 saturated carbocycles. The van der Waals surface area contributed by atoms with Gasteiger partial charge < -0.3 is 33.7 Å². The lowest BCUT2D eigenvalue weighted by Gasteiger charge is -2.40. The molecule has 2 heterocycles. The first-order valence-corrected chi connectivity index (χ1v) is 10.9. The van der Waals surface area contributed by atoms with Crippen molar-refractivity contribution in [3.8, 4) is 23.0 Å². The third-order valence-corrected chi connectivity index (χ3v) is 6.83. The highest BCUT2D eigenvalue weighted by Crippen LogP contribution is 2.46. The SMILES string of the molecule is COc1ccc(OC)c2cc3c(cc12)c(=O)c1c(OC)cc2c(c1n3C)[C@H](O)[C@H](O)C(C)(C)O2. The number of pyridine rings is 1. The van der Waals surface area contributed by atoms with Crippen molar-refractivity contribution in [2.24, 2.45) is 7.05 Å². The van der Waals surface area contributed by atoms with Crippen LogP contribution in [0.25, 0.3) is 32.6 Å². The summed E-state index contributed by atoms with van der Waals surface area (Å²) in [5.41, 5.74) is 0.123. The molecule has 0 aliphatic carbocycles.